The molecule has 2 aromatic rings. The van der Waals surface area contributed by atoms with Gasteiger partial charge < -0.3 is 14.3 Å². The molecule has 2 fully saturated rings. The first-order valence-electron chi connectivity index (χ1n) is 10.6. The second-order valence-electron chi connectivity index (χ2n) is 9.04. The average Bonchev–Trinajstić information content (AvgIpc) is 3.40. The van der Waals surface area contributed by atoms with Crippen molar-refractivity contribution in [3.63, 3.8) is 0 Å². The first-order valence-corrected chi connectivity index (χ1v) is 10.6. The van der Waals surface area contributed by atoms with E-state index in [4.69, 9.17) is 4.52 Å². The van der Waals surface area contributed by atoms with Gasteiger partial charge in [-0.05, 0) is 27.2 Å². The molecule has 0 bridgehead atoms. The summed E-state index contributed by atoms with van der Waals surface area (Å²) >= 11 is 0. The number of hydrogen-bond acceptors (Lipinski definition) is 6. The normalized spacial score (nSPS) is 23.9. The molecule has 9 nitrogen and oxygen atoms in total. The molecule has 0 saturated carbocycles. The van der Waals surface area contributed by atoms with Crippen molar-refractivity contribution in [2.45, 2.75) is 52.9 Å². The van der Waals surface area contributed by atoms with Crippen LogP contribution in [0.3, 0.4) is 0 Å². The van der Waals surface area contributed by atoms with E-state index in [2.05, 4.69) is 20.3 Å². The Morgan fingerprint density at radius 2 is 1.97 bits per heavy atom. The molecule has 2 aliphatic rings. The molecule has 2 amide bonds. The van der Waals surface area contributed by atoms with Gasteiger partial charge in [-0.15, -0.1) is 0 Å². The van der Waals surface area contributed by atoms with Gasteiger partial charge in [-0.2, -0.15) is 5.10 Å². The van der Waals surface area contributed by atoms with Crippen molar-refractivity contribution < 1.29 is 14.1 Å². The molecule has 0 spiro atoms. The monoisotopic (exact) mass is 414 g/mol. The Balaban J connectivity index is 1.57. The summed E-state index contributed by atoms with van der Waals surface area (Å²) in [6.07, 6.45) is 1.03. The van der Waals surface area contributed by atoms with Crippen LogP contribution in [0.2, 0.25) is 0 Å². The van der Waals surface area contributed by atoms with Gasteiger partial charge in [-0.3, -0.25) is 14.7 Å². The number of H-pyrrole nitrogens is 1. The molecule has 162 valence electrons. The quantitative estimate of drug-likeness (QED) is 0.813. The molecule has 0 unspecified atom stereocenters. The average molecular weight is 415 g/mol. The number of hydrogen-bond donors (Lipinski definition) is 1. The molecule has 4 heterocycles. The van der Waals surface area contributed by atoms with Crippen LogP contribution >= 0.6 is 0 Å². The summed E-state index contributed by atoms with van der Waals surface area (Å²) in [6, 6.07) is 0. The third kappa shape index (κ3) is 3.40. The van der Waals surface area contributed by atoms with Gasteiger partial charge in [0.05, 0.1) is 17.5 Å². The Hall–Kier alpha value is -2.71. The number of aromatic nitrogens is 4. The fourth-order valence-corrected chi connectivity index (χ4v) is 4.89. The summed E-state index contributed by atoms with van der Waals surface area (Å²) in [6.45, 7) is 11.9. The number of amides is 2. The molecule has 2 atom stereocenters. The molecule has 2 aliphatic heterocycles. The molecule has 9 heteroatoms. The molecule has 0 aromatic carbocycles. The van der Waals surface area contributed by atoms with Gasteiger partial charge in [-0.1, -0.05) is 19.0 Å². The maximum absolute atomic E-state index is 13.1. The largest absolute Gasteiger partial charge is 0.361 e. The van der Waals surface area contributed by atoms with Crippen LogP contribution in [0.1, 0.15) is 48.9 Å². The maximum Gasteiger partial charge on any atom is 0.227 e. The fourth-order valence-electron chi connectivity index (χ4n) is 4.89. The summed E-state index contributed by atoms with van der Waals surface area (Å²) in [5.41, 5.74) is 1.32. The lowest BCUT2D eigenvalue weighted by Gasteiger charge is -2.41. The highest BCUT2D eigenvalue weighted by Crippen LogP contribution is 2.44. The minimum atomic E-state index is -0.310. The van der Waals surface area contributed by atoms with Crippen molar-refractivity contribution in [1.82, 2.24) is 30.1 Å². The molecule has 0 radical (unpaired) electrons. The van der Waals surface area contributed by atoms with E-state index in [0.717, 1.165) is 29.3 Å². The zero-order valence-electron chi connectivity index (χ0n) is 18.4. The first kappa shape index (κ1) is 20.6. The predicted octanol–water partition coefficient (Wildman–Crippen LogP) is 1.55. The lowest BCUT2D eigenvalue weighted by atomic mass is 9.71. The van der Waals surface area contributed by atoms with Gasteiger partial charge in [-0.25, -0.2) is 4.98 Å². The predicted molar refractivity (Wildman–Crippen MR) is 109 cm³/mol. The molecular weight excluding hydrogens is 384 g/mol. The van der Waals surface area contributed by atoms with E-state index in [0.29, 0.717) is 31.9 Å². The fraction of sp³-hybridized carbons (Fsp3) is 0.667. The zero-order chi connectivity index (χ0) is 21.6. The Kier molecular flexibility index (Phi) is 5.15. The Bertz CT molecular complexity index is 944. The van der Waals surface area contributed by atoms with Gasteiger partial charge >= 0.3 is 0 Å². The Morgan fingerprint density at radius 3 is 2.57 bits per heavy atom. The maximum atomic E-state index is 13.1. The first-order chi connectivity index (χ1) is 14.2. The lowest BCUT2D eigenvalue weighted by molar-refractivity contribution is -0.133. The van der Waals surface area contributed by atoms with Gasteiger partial charge in [0.2, 0.25) is 11.8 Å². The second-order valence-corrected chi connectivity index (χ2v) is 9.04. The van der Waals surface area contributed by atoms with Crippen LogP contribution in [-0.4, -0.2) is 68.1 Å². The van der Waals surface area contributed by atoms with Crippen LogP contribution in [0.15, 0.2) is 4.52 Å². The van der Waals surface area contributed by atoms with Crippen LogP contribution < -0.4 is 0 Å². The van der Waals surface area contributed by atoms with E-state index in [1.165, 1.54) is 0 Å². The summed E-state index contributed by atoms with van der Waals surface area (Å²) in [5, 5.41) is 11.4. The van der Waals surface area contributed by atoms with Crippen molar-refractivity contribution in [3.05, 3.63) is 28.7 Å². The smallest absolute Gasteiger partial charge is 0.227 e. The van der Waals surface area contributed by atoms with E-state index in [-0.39, 0.29) is 35.5 Å². The summed E-state index contributed by atoms with van der Waals surface area (Å²) < 4.78 is 5.21. The number of aryl methyl sites for hydroxylation is 3. The van der Waals surface area contributed by atoms with Crippen molar-refractivity contribution in [3.8, 4) is 0 Å². The van der Waals surface area contributed by atoms with Gasteiger partial charge in [0.1, 0.15) is 11.6 Å². The van der Waals surface area contributed by atoms with Crippen LogP contribution in [0.4, 0.5) is 0 Å². The van der Waals surface area contributed by atoms with Gasteiger partial charge in [0, 0.05) is 43.6 Å². The van der Waals surface area contributed by atoms with Crippen molar-refractivity contribution in [1.29, 1.82) is 0 Å². The molecule has 4 rings (SSSR count). The highest BCUT2D eigenvalue weighted by atomic mass is 16.5. The van der Waals surface area contributed by atoms with Crippen LogP contribution in [0.5, 0.6) is 0 Å². The summed E-state index contributed by atoms with van der Waals surface area (Å²) in [4.78, 5) is 34.3. The molecule has 2 saturated heterocycles. The van der Waals surface area contributed by atoms with Crippen molar-refractivity contribution >= 4 is 11.8 Å². The topological polar surface area (TPSA) is 108 Å². The van der Waals surface area contributed by atoms with E-state index >= 15 is 0 Å². The zero-order valence-corrected chi connectivity index (χ0v) is 18.4. The van der Waals surface area contributed by atoms with Crippen LogP contribution in [-0.2, 0) is 21.4 Å². The number of rotatable bonds is 4. The third-order valence-corrected chi connectivity index (χ3v) is 6.67. The van der Waals surface area contributed by atoms with E-state index in [1.54, 1.807) is 0 Å². The van der Waals surface area contributed by atoms with Gasteiger partial charge in [0.25, 0.3) is 0 Å². The van der Waals surface area contributed by atoms with Crippen LogP contribution in [0.25, 0.3) is 0 Å². The molecule has 2 aromatic heterocycles. The second kappa shape index (κ2) is 7.52. The van der Waals surface area contributed by atoms with Crippen molar-refractivity contribution in [2.75, 3.05) is 26.2 Å². The Morgan fingerprint density at radius 1 is 1.23 bits per heavy atom. The highest BCUT2D eigenvalue weighted by Gasteiger charge is 2.54. The van der Waals surface area contributed by atoms with Crippen molar-refractivity contribution in [2.24, 2.45) is 11.8 Å². The summed E-state index contributed by atoms with van der Waals surface area (Å²) in [5.74, 6) is 2.48. The van der Waals surface area contributed by atoms with E-state index < -0.39 is 0 Å². The Labute approximate surface area is 176 Å². The minimum absolute atomic E-state index is 0.0617. The number of carbonyl (C=O) groups is 2. The lowest BCUT2D eigenvalue weighted by Crippen LogP contribution is -2.52. The summed E-state index contributed by atoms with van der Waals surface area (Å²) in [7, 11) is 0. The number of piperidine rings is 1. The van der Waals surface area contributed by atoms with E-state index in [1.807, 2.05) is 44.4 Å². The number of aromatic amines is 1. The number of carbonyl (C=O) groups excluding carboxylic acids is 2. The minimum Gasteiger partial charge on any atom is -0.361 e. The number of nitrogens with zero attached hydrogens (tertiary/aromatic N) is 5. The molecule has 1 N–H and O–H groups in total. The highest BCUT2D eigenvalue weighted by molar-refractivity contribution is 5.80. The van der Waals surface area contributed by atoms with Gasteiger partial charge in [0.15, 0.2) is 5.82 Å². The number of likely N-dealkylation sites (tertiary alicyclic amines) is 2. The molecule has 30 heavy (non-hydrogen) atoms. The SMILES string of the molecule is Cc1nc([C@@]23CCN(C(=O)Cc4c(C)noc4C)C[C@@H]2CN(C(=O)C(C)C)C3)n[nH]1. The van der Waals surface area contributed by atoms with E-state index in [9.17, 15) is 9.59 Å². The third-order valence-electron chi connectivity index (χ3n) is 6.67. The number of nitrogens with one attached hydrogen (secondary N) is 1. The standard InChI is InChI=1S/C21H30N6O3/c1-12(2)19(29)27-10-16-9-26(18(28)8-17-13(3)25-30-14(17)4)7-6-21(16,11-27)20-22-15(5)23-24-20/h12,16H,6-11H2,1-5H3,(H,22,23,24)/t16-,21-/m1/s1. The van der Waals surface area contributed by atoms with Crippen LogP contribution in [0, 0.1) is 32.6 Å². The molecular formula is C21H30N6O3. The molecule has 0 aliphatic carbocycles. The number of fused-ring (bicyclic) bond motifs is 1.